The Labute approximate surface area is 131 Å². The van der Waals surface area contributed by atoms with Crippen molar-refractivity contribution in [1.82, 2.24) is 15.3 Å². The summed E-state index contributed by atoms with van der Waals surface area (Å²) in [7, 11) is 3.28. The fourth-order valence-corrected chi connectivity index (χ4v) is 2.50. The average molecular weight is 307 g/mol. The smallest absolute Gasteiger partial charge is 0.219 e. The normalized spacial score (nSPS) is 20.3. The molecule has 1 aliphatic carbocycles. The van der Waals surface area contributed by atoms with E-state index in [1.165, 1.54) is 0 Å². The first-order valence-electron chi connectivity index (χ1n) is 7.69. The van der Waals surface area contributed by atoms with Gasteiger partial charge in [0, 0.05) is 50.8 Å². The van der Waals surface area contributed by atoms with Gasteiger partial charge in [-0.2, -0.15) is 0 Å². The second-order valence-corrected chi connectivity index (χ2v) is 5.66. The van der Waals surface area contributed by atoms with Crippen LogP contribution in [0.15, 0.2) is 6.07 Å². The van der Waals surface area contributed by atoms with Gasteiger partial charge in [0.1, 0.15) is 12.4 Å². The van der Waals surface area contributed by atoms with Crippen molar-refractivity contribution in [3.63, 3.8) is 0 Å². The molecule has 7 nitrogen and oxygen atoms in total. The lowest BCUT2D eigenvalue weighted by Gasteiger charge is -2.32. The van der Waals surface area contributed by atoms with E-state index in [4.69, 9.17) is 10.5 Å². The van der Waals surface area contributed by atoms with Crippen molar-refractivity contribution in [1.29, 1.82) is 0 Å². The molecule has 0 aliphatic heterocycles. The lowest BCUT2D eigenvalue weighted by Crippen LogP contribution is -2.35. The predicted molar refractivity (Wildman–Crippen MR) is 84.5 cm³/mol. The first-order valence-corrected chi connectivity index (χ1v) is 7.69. The van der Waals surface area contributed by atoms with Crippen LogP contribution in [0.3, 0.4) is 0 Å². The quantitative estimate of drug-likeness (QED) is 0.613. The van der Waals surface area contributed by atoms with Crippen LogP contribution in [-0.4, -0.2) is 42.6 Å². The number of nitrogens with two attached hydrogens (primary N) is 1. The lowest BCUT2D eigenvalue weighted by atomic mass is 9.78. The third-order valence-corrected chi connectivity index (χ3v) is 3.82. The van der Waals surface area contributed by atoms with E-state index in [9.17, 15) is 4.79 Å². The molecular weight excluding hydrogens is 282 g/mol. The van der Waals surface area contributed by atoms with Crippen LogP contribution < -0.4 is 16.4 Å². The summed E-state index contributed by atoms with van der Waals surface area (Å²) in [6, 6.07) is 2.27. The molecule has 1 fully saturated rings. The van der Waals surface area contributed by atoms with Gasteiger partial charge >= 0.3 is 0 Å². The van der Waals surface area contributed by atoms with Crippen LogP contribution in [0.1, 0.15) is 43.1 Å². The van der Waals surface area contributed by atoms with Crippen LogP contribution >= 0.6 is 0 Å². The summed E-state index contributed by atoms with van der Waals surface area (Å²) in [5.74, 6) is 1.93. The molecule has 2 rings (SSSR count). The molecule has 1 saturated carbocycles. The van der Waals surface area contributed by atoms with Crippen molar-refractivity contribution in [3.8, 4) is 0 Å². The van der Waals surface area contributed by atoms with Crippen LogP contribution in [0.5, 0.6) is 0 Å². The van der Waals surface area contributed by atoms with Crippen LogP contribution in [-0.2, 0) is 16.1 Å². The monoisotopic (exact) mass is 307 g/mol. The molecule has 7 heteroatoms. The minimum atomic E-state index is 0.0497. The number of amides is 1. The molecule has 0 radical (unpaired) electrons. The number of rotatable bonds is 8. The Morgan fingerprint density at radius 3 is 2.86 bits per heavy atom. The molecule has 0 aromatic carbocycles. The zero-order chi connectivity index (χ0) is 15.9. The molecule has 0 saturated heterocycles. The number of hydrogen-bond donors (Lipinski definition) is 3. The minimum Gasteiger partial charge on any atom is -0.377 e. The van der Waals surface area contributed by atoms with Crippen LogP contribution in [0.25, 0.3) is 0 Å². The summed E-state index contributed by atoms with van der Waals surface area (Å²) in [4.78, 5) is 20.2. The number of carbonyl (C=O) groups excluding carboxylic acids is 1. The number of methoxy groups -OCH3 is 1. The van der Waals surface area contributed by atoms with E-state index in [1.54, 1.807) is 14.2 Å². The molecule has 1 aromatic heterocycles. The van der Waals surface area contributed by atoms with E-state index in [0.717, 1.165) is 30.8 Å². The standard InChI is InChI=1S/C15H25N5O2/c1-17-15(21)4-3-5-18-13-8-12(10-6-11(16)7-10)19-14(20-13)9-22-2/h8,10-11H,3-7,9,16H2,1-2H3,(H,17,21)(H,18,19,20). The van der Waals surface area contributed by atoms with Crippen molar-refractivity contribution in [2.45, 2.75) is 44.2 Å². The molecule has 1 aromatic rings. The number of aromatic nitrogens is 2. The molecule has 0 bridgehead atoms. The van der Waals surface area contributed by atoms with Crippen molar-refractivity contribution < 1.29 is 9.53 Å². The average Bonchev–Trinajstić information content (AvgIpc) is 2.48. The topological polar surface area (TPSA) is 102 Å². The molecule has 1 aliphatic rings. The summed E-state index contributed by atoms with van der Waals surface area (Å²) in [6.07, 6.45) is 3.20. The maximum atomic E-state index is 11.2. The van der Waals surface area contributed by atoms with E-state index in [1.807, 2.05) is 6.07 Å². The van der Waals surface area contributed by atoms with Gasteiger partial charge in [-0.15, -0.1) is 0 Å². The zero-order valence-corrected chi connectivity index (χ0v) is 13.3. The summed E-state index contributed by atoms with van der Waals surface area (Å²) in [5.41, 5.74) is 6.88. The first kappa shape index (κ1) is 16.6. The molecule has 0 unspecified atom stereocenters. The van der Waals surface area contributed by atoms with Gasteiger partial charge in [-0.25, -0.2) is 9.97 Å². The van der Waals surface area contributed by atoms with Gasteiger partial charge in [0.25, 0.3) is 0 Å². The Hall–Kier alpha value is -1.73. The van der Waals surface area contributed by atoms with Gasteiger partial charge in [-0.1, -0.05) is 0 Å². The highest BCUT2D eigenvalue weighted by molar-refractivity contribution is 5.75. The van der Waals surface area contributed by atoms with E-state index in [0.29, 0.717) is 31.3 Å². The molecule has 4 N–H and O–H groups in total. The van der Waals surface area contributed by atoms with Gasteiger partial charge < -0.3 is 21.1 Å². The molecule has 22 heavy (non-hydrogen) atoms. The highest BCUT2D eigenvalue weighted by atomic mass is 16.5. The van der Waals surface area contributed by atoms with Crippen molar-refractivity contribution in [3.05, 3.63) is 17.6 Å². The minimum absolute atomic E-state index is 0.0497. The van der Waals surface area contributed by atoms with Crippen LogP contribution in [0, 0.1) is 0 Å². The van der Waals surface area contributed by atoms with Crippen molar-refractivity contribution in [2.75, 3.05) is 26.0 Å². The van der Waals surface area contributed by atoms with Crippen molar-refractivity contribution in [2.24, 2.45) is 5.73 Å². The highest BCUT2D eigenvalue weighted by Gasteiger charge is 2.29. The number of anilines is 1. The second kappa shape index (κ2) is 8.05. The largest absolute Gasteiger partial charge is 0.377 e. The predicted octanol–water partition coefficient (Wildman–Crippen LogP) is 0.766. The molecule has 1 amide bonds. The van der Waals surface area contributed by atoms with Crippen molar-refractivity contribution >= 4 is 11.7 Å². The maximum Gasteiger partial charge on any atom is 0.219 e. The fraction of sp³-hybridized carbons (Fsp3) is 0.667. The van der Waals surface area contributed by atoms with Gasteiger partial charge in [0.15, 0.2) is 5.82 Å². The van der Waals surface area contributed by atoms with Gasteiger partial charge in [-0.05, 0) is 19.3 Å². The Balaban J connectivity index is 1.95. The SMILES string of the molecule is CNC(=O)CCCNc1cc(C2CC(N)C2)nc(COC)n1. The molecule has 0 atom stereocenters. The van der Waals surface area contributed by atoms with Gasteiger partial charge in [0.2, 0.25) is 5.91 Å². The number of nitrogens with one attached hydrogen (secondary N) is 2. The summed E-state index contributed by atoms with van der Waals surface area (Å²) in [5, 5.41) is 5.87. The zero-order valence-electron chi connectivity index (χ0n) is 13.3. The number of hydrogen-bond acceptors (Lipinski definition) is 6. The fourth-order valence-electron chi connectivity index (χ4n) is 2.50. The Kier molecular flexibility index (Phi) is 6.09. The van der Waals surface area contributed by atoms with E-state index < -0.39 is 0 Å². The number of carbonyl (C=O) groups is 1. The van der Waals surface area contributed by atoms with E-state index in [2.05, 4.69) is 20.6 Å². The summed E-state index contributed by atoms with van der Waals surface area (Å²) in [6.45, 7) is 1.08. The Bertz CT molecular complexity index is 503. The second-order valence-electron chi connectivity index (χ2n) is 5.66. The molecule has 0 spiro atoms. The number of ether oxygens (including phenoxy) is 1. The van der Waals surface area contributed by atoms with E-state index >= 15 is 0 Å². The van der Waals surface area contributed by atoms with Gasteiger partial charge in [-0.3, -0.25) is 4.79 Å². The molecular formula is C15H25N5O2. The summed E-state index contributed by atoms with van der Waals surface area (Å²) >= 11 is 0. The molecule has 1 heterocycles. The lowest BCUT2D eigenvalue weighted by molar-refractivity contribution is -0.120. The van der Waals surface area contributed by atoms with E-state index in [-0.39, 0.29) is 11.9 Å². The van der Waals surface area contributed by atoms with Gasteiger partial charge in [0.05, 0.1) is 0 Å². The Morgan fingerprint density at radius 2 is 2.23 bits per heavy atom. The first-order chi connectivity index (χ1) is 10.6. The maximum absolute atomic E-state index is 11.2. The third kappa shape index (κ3) is 4.64. The Morgan fingerprint density at radius 1 is 1.45 bits per heavy atom. The highest BCUT2D eigenvalue weighted by Crippen LogP contribution is 2.35. The number of nitrogens with zero attached hydrogens (tertiary/aromatic N) is 2. The summed E-state index contributed by atoms with van der Waals surface area (Å²) < 4.78 is 5.13. The van der Waals surface area contributed by atoms with Crippen LogP contribution in [0.4, 0.5) is 5.82 Å². The third-order valence-electron chi connectivity index (χ3n) is 3.82. The molecule has 122 valence electrons. The van der Waals surface area contributed by atoms with Crippen LogP contribution in [0.2, 0.25) is 0 Å².